The van der Waals surface area contributed by atoms with Crippen molar-refractivity contribution in [2.75, 3.05) is 14.2 Å². The van der Waals surface area contributed by atoms with Crippen LogP contribution >= 0.6 is 11.8 Å². The van der Waals surface area contributed by atoms with Gasteiger partial charge in [0.2, 0.25) is 11.1 Å². The van der Waals surface area contributed by atoms with Crippen molar-refractivity contribution >= 4 is 17.7 Å². The molecular formula is C19H24N6O3S. The van der Waals surface area contributed by atoms with Crippen LogP contribution in [0.1, 0.15) is 39.0 Å². The van der Waals surface area contributed by atoms with Crippen LogP contribution in [0.25, 0.3) is 5.69 Å². The first kappa shape index (κ1) is 20.9. The molecular weight excluding hydrogens is 392 g/mol. The van der Waals surface area contributed by atoms with Gasteiger partial charge >= 0.3 is 0 Å². The zero-order valence-electron chi connectivity index (χ0n) is 16.7. The molecule has 2 aromatic rings. The number of hydrogen-bond donors (Lipinski definition) is 1. The van der Waals surface area contributed by atoms with Crippen LogP contribution in [-0.2, 0) is 4.79 Å². The number of carbonyl (C=O) groups excluding carboxylic acids is 1. The highest BCUT2D eigenvalue weighted by Gasteiger charge is 2.35. The standard InChI is InChI=1S/C19H24N6O3S/c1-13(17(26)21-19(12-20)9-5-4-6-10-19)29-18-22-23-24-25(18)15-11-14(27-2)7-8-16(15)28-3/h7-8,11,13H,4-6,9-10H2,1-3H3,(H,21,26). The average molecular weight is 417 g/mol. The van der Waals surface area contributed by atoms with Crippen molar-refractivity contribution < 1.29 is 14.3 Å². The number of rotatable bonds is 7. The number of benzene rings is 1. The third-order valence-electron chi connectivity index (χ3n) is 4.99. The molecule has 0 saturated heterocycles. The van der Waals surface area contributed by atoms with Gasteiger partial charge in [-0.3, -0.25) is 4.79 Å². The van der Waals surface area contributed by atoms with Crippen molar-refractivity contribution in [2.24, 2.45) is 0 Å². The summed E-state index contributed by atoms with van der Waals surface area (Å²) < 4.78 is 12.2. The van der Waals surface area contributed by atoms with E-state index in [0.29, 0.717) is 35.2 Å². The molecule has 29 heavy (non-hydrogen) atoms. The second-order valence-electron chi connectivity index (χ2n) is 6.91. The summed E-state index contributed by atoms with van der Waals surface area (Å²) in [5, 5.41) is 24.3. The van der Waals surface area contributed by atoms with E-state index < -0.39 is 10.8 Å². The van der Waals surface area contributed by atoms with Gasteiger partial charge in [-0.15, -0.1) is 5.10 Å². The van der Waals surface area contributed by atoms with Gasteiger partial charge in [-0.2, -0.15) is 9.94 Å². The lowest BCUT2D eigenvalue weighted by Gasteiger charge is -2.32. The molecule has 1 amide bonds. The SMILES string of the molecule is COc1ccc(OC)c(-n2nnnc2SC(C)C(=O)NC2(C#N)CCCCC2)c1. The summed E-state index contributed by atoms with van der Waals surface area (Å²) in [5.74, 6) is 1.000. The number of ether oxygens (including phenoxy) is 2. The lowest BCUT2D eigenvalue weighted by molar-refractivity contribution is -0.121. The lowest BCUT2D eigenvalue weighted by atomic mass is 9.83. The molecule has 0 bridgehead atoms. The summed E-state index contributed by atoms with van der Waals surface area (Å²) in [4.78, 5) is 12.8. The Labute approximate surface area is 173 Å². The van der Waals surface area contributed by atoms with Crippen LogP contribution in [0.3, 0.4) is 0 Å². The smallest absolute Gasteiger partial charge is 0.234 e. The number of carbonyl (C=O) groups is 1. The molecule has 1 fully saturated rings. The van der Waals surface area contributed by atoms with Crippen molar-refractivity contribution in [3.05, 3.63) is 18.2 Å². The van der Waals surface area contributed by atoms with Crippen LogP contribution in [0, 0.1) is 11.3 Å². The zero-order chi connectivity index (χ0) is 20.9. The van der Waals surface area contributed by atoms with E-state index in [4.69, 9.17) is 9.47 Å². The predicted octanol–water partition coefficient (Wildman–Crippen LogP) is 2.50. The molecule has 9 nitrogen and oxygen atoms in total. The highest BCUT2D eigenvalue weighted by atomic mass is 32.2. The number of tetrazole rings is 1. The second-order valence-corrected chi connectivity index (χ2v) is 8.22. The van der Waals surface area contributed by atoms with Crippen molar-refractivity contribution in [1.82, 2.24) is 25.5 Å². The van der Waals surface area contributed by atoms with Gasteiger partial charge in [0.15, 0.2) is 0 Å². The summed E-state index contributed by atoms with van der Waals surface area (Å²) in [6, 6.07) is 7.61. The molecule has 1 unspecified atom stereocenters. The Balaban J connectivity index is 1.78. The fourth-order valence-electron chi connectivity index (χ4n) is 3.34. The van der Waals surface area contributed by atoms with Gasteiger partial charge in [-0.25, -0.2) is 0 Å². The molecule has 154 valence electrons. The van der Waals surface area contributed by atoms with E-state index in [2.05, 4.69) is 26.9 Å². The van der Waals surface area contributed by atoms with Crippen molar-refractivity contribution in [1.29, 1.82) is 5.26 Å². The molecule has 1 N–H and O–H groups in total. The Morgan fingerprint density at radius 3 is 2.72 bits per heavy atom. The monoisotopic (exact) mass is 416 g/mol. The number of nitrogens with zero attached hydrogens (tertiary/aromatic N) is 5. The molecule has 1 atom stereocenters. The van der Waals surface area contributed by atoms with Crippen molar-refractivity contribution in [3.8, 4) is 23.3 Å². The normalized spacial score (nSPS) is 16.5. The number of amides is 1. The van der Waals surface area contributed by atoms with E-state index in [1.54, 1.807) is 39.3 Å². The summed E-state index contributed by atoms with van der Waals surface area (Å²) in [7, 11) is 3.13. The van der Waals surface area contributed by atoms with E-state index in [1.807, 2.05) is 0 Å². The minimum Gasteiger partial charge on any atom is -0.497 e. The second kappa shape index (κ2) is 9.13. The van der Waals surface area contributed by atoms with E-state index in [0.717, 1.165) is 19.3 Å². The van der Waals surface area contributed by atoms with Gasteiger partial charge in [0, 0.05) is 6.07 Å². The van der Waals surface area contributed by atoms with Gasteiger partial charge in [0.25, 0.3) is 0 Å². The number of thioether (sulfide) groups is 1. The van der Waals surface area contributed by atoms with Crippen LogP contribution < -0.4 is 14.8 Å². The number of nitriles is 1. The van der Waals surface area contributed by atoms with Crippen LogP contribution in [-0.4, -0.2) is 51.1 Å². The molecule has 3 rings (SSSR count). The zero-order valence-corrected chi connectivity index (χ0v) is 17.5. The molecule has 1 aliphatic carbocycles. The Hall–Kier alpha value is -2.80. The molecule has 0 spiro atoms. The van der Waals surface area contributed by atoms with Crippen molar-refractivity contribution in [3.63, 3.8) is 0 Å². The molecule has 1 aromatic heterocycles. The van der Waals surface area contributed by atoms with Gasteiger partial charge in [0.05, 0.1) is 25.5 Å². The van der Waals surface area contributed by atoms with Crippen LogP contribution in [0.4, 0.5) is 0 Å². The number of methoxy groups -OCH3 is 2. The first-order chi connectivity index (χ1) is 14.0. The molecule has 1 aromatic carbocycles. The van der Waals surface area contributed by atoms with Crippen molar-refractivity contribution in [2.45, 2.75) is 55.0 Å². The Bertz CT molecular complexity index is 904. The summed E-state index contributed by atoms with van der Waals surface area (Å²) in [6.45, 7) is 1.77. The lowest BCUT2D eigenvalue weighted by Crippen LogP contribution is -2.51. The molecule has 1 aliphatic rings. The fourth-order valence-corrected chi connectivity index (χ4v) is 4.14. The van der Waals surface area contributed by atoms with E-state index in [1.165, 1.54) is 16.4 Å². The van der Waals surface area contributed by atoms with E-state index >= 15 is 0 Å². The first-order valence-electron chi connectivity index (χ1n) is 9.42. The van der Waals surface area contributed by atoms with Crippen LogP contribution in [0.15, 0.2) is 23.4 Å². The Morgan fingerprint density at radius 2 is 2.07 bits per heavy atom. The van der Waals surface area contributed by atoms with Crippen LogP contribution in [0.2, 0.25) is 0 Å². The third-order valence-corrected chi connectivity index (χ3v) is 6.02. The number of aromatic nitrogens is 4. The molecule has 1 heterocycles. The maximum atomic E-state index is 12.8. The topological polar surface area (TPSA) is 115 Å². The summed E-state index contributed by atoms with van der Waals surface area (Å²) in [6.07, 6.45) is 4.37. The highest BCUT2D eigenvalue weighted by molar-refractivity contribution is 8.00. The molecule has 0 aliphatic heterocycles. The maximum Gasteiger partial charge on any atom is 0.234 e. The largest absolute Gasteiger partial charge is 0.497 e. The number of hydrogen-bond acceptors (Lipinski definition) is 8. The summed E-state index contributed by atoms with van der Waals surface area (Å²) in [5.41, 5.74) is -0.167. The molecule has 10 heteroatoms. The van der Waals surface area contributed by atoms with Gasteiger partial charge < -0.3 is 14.8 Å². The highest BCUT2D eigenvalue weighted by Crippen LogP contribution is 2.32. The quantitative estimate of drug-likeness (QED) is 0.685. The minimum absolute atomic E-state index is 0.203. The maximum absolute atomic E-state index is 12.8. The predicted molar refractivity (Wildman–Crippen MR) is 107 cm³/mol. The Morgan fingerprint density at radius 1 is 1.31 bits per heavy atom. The van der Waals surface area contributed by atoms with Gasteiger partial charge in [-0.1, -0.05) is 31.0 Å². The first-order valence-corrected chi connectivity index (χ1v) is 10.3. The van der Waals surface area contributed by atoms with Crippen LogP contribution in [0.5, 0.6) is 11.5 Å². The van der Waals surface area contributed by atoms with E-state index in [9.17, 15) is 10.1 Å². The molecule has 1 saturated carbocycles. The average Bonchev–Trinajstić information content (AvgIpc) is 3.21. The van der Waals surface area contributed by atoms with Gasteiger partial charge in [0.1, 0.15) is 22.7 Å². The Kier molecular flexibility index (Phi) is 6.59. The fraction of sp³-hybridized carbons (Fsp3) is 0.526. The molecule has 0 radical (unpaired) electrons. The minimum atomic E-state index is -0.772. The summed E-state index contributed by atoms with van der Waals surface area (Å²) >= 11 is 1.22. The van der Waals surface area contributed by atoms with Gasteiger partial charge in [-0.05, 0) is 42.3 Å². The number of nitrogens with one attached hydrogen (secondary N) is 1. The van der Waals surface area contributed by atoms with E-state index in [-0.39, 0.29) is 5.91 Å². The third kappa shape index (κ3) is 4.62.